The van der Waals surface area contributed by atoms with Crippen LogP contribution in [0.25, 0.3) is 0 Å². The van der Waals surface area contributed by atoms with E-state index in [2.05, 4.69) is 5.32 Å². The summed E-state index contributed by atoms with van der Waals surface area (Å²) in [5.41, 5.74) is 3.63. The van der Waals surface area contributed by atoms with E-state index in [1.807, 2.05) is 38.1 Å². The molecule has 7 nitrogen and oxygen atoms in total. The lowest BCUT2D eigenvalue weighted by atomic mass is 10.1. The molecule has 0 spiro atoms. The molecule has 0 aromatic heterocycles. The Balaban J connectivity index is 1.71. The number of amides is 2. The molecule has 0 saturated heterocycles. The van der Waals surface area contributed by atoms with E-state index >= 15 is 0 Å². The minimum Gasteiger partial charge on any atom is -0.332 e. The van der Waals surface area contributed by atoms with Gasteiger partial charge in [-0.3, -0.25) is 13.9 Å². The van der Waals surface area contributed by atoms with Gasteiger partial charge in [-0.25, -0.2) is 8.42 Å². The molecule has 1 aliphatic rings. The summed E-state index contributed by atoms with van der Waals surface area (Å²) in [5, 5.41) is 2.86. The Morgan fingerprint density at radius 1 is 1.20 bits per heavy atom. The monoisotopic (exact) mass is 429 g/mol. The molecule has 2 aromatic carbocycles. The Bertz CT molecular complexity index is 1080. The van der Waals surface area contributed by atoms with E-state index in [0.717, 1.165) is 23.2 Å². The van der Waals surface area contributed by atoms with Crippen molar-refractivity contribution >= 4 is 33.2 Å². The molecule has 160 valence electrons. The van der Waals surface area contributed by atoms with Crippen molar-refractivity contribution in [3.05, 3.63) is 59.2 Å². The number of likely N-dealkylation sites (N-methyl/N-ethyl adjacent to an activating group) is 1. The second-order valence-corrected chi connectivity index (χ2v) is 9.53. The van der Waals surface area contributed by atoms with Crippen molar-refractivity contribution in [3.63, 3.8) is 0 Å². The minimum absolute atomic E-state index is 0.0835. The van der Waals surface area contributed by atoms with Gasteiger partial charge in [0.1, 0.15) is 0 Å². The third-order valence-electron chi connectivity index (χ3n) is 5.24. The van der Waals surface area contributed by atoms with Crippen molar-refractivity contribution < 1.29 is 18.0 Å². The zero-order valence-corrected chi connectivity index (χ0v) is 18.5. The Hall–Kier alpha value is -2.87. The molecule has 0 fully saturated rings. The van der Waals surface area contributed by atoms with E-state index in [-0.39, 0.29) is 24.4 Å². The van der Waals surface area contributed by atoms with Gasteiger partial charge in [-0.05, 0) is 55.2 Å². The van der Waals surface area contributed by atoms with E-state index in [1.54, 1.807) is 25.2 Å². The highest BCUT2D eigenvalue weighted by Crippen LogP contribution is 2.34. The number of aryl methyl sites for hydroxylation is 1. The van der Waals surface area contributed by atoms with Gasteiger partial charge in [0.25, 0.3) is 5.91 Å². The molecular formula is C22H27N3O4S. The Morgan fingerprint density at radius 2 is 1.90 bits per heavy atom. The first kappa shape index (κ1) is 21.8. The summed E-state index contributed by atoms with van der Waals surface area (Å²) in [7, 11) is -1.81. The van der Waals surface area contributed by atoms with Crippen LogP contribution in [0.4, 0.5) is 11.4 Å². The van der Waals surface area contributed by atoms with Gasteiger partial charge in [0.05, 0.1) is 18.5 Å². The smallest absolute Gasteiger partial charge is 0.254 e. The molecule has 2 aromatic rings. The SMILES string of the molecule is CCc1ccccc1NC(=O)CN(C)C(=O)c1ccc2c(c1)C[C@@H](C)N2S(C)(=O)=O. The standard InChI is InChI=1S/C22H27N3O4S/c1-5-16-8-6-7-9-19(16)23-21(26)14-24(3)22(27)17-10-11-20-18(13-17)12-15(2)25(20)30(4,28)29/h6-11,13,15H,5,12,14H2,1-4H3,(H,23,26)/t15-/m1/s1. The van der Waals surface area contributed by atoms with Crippen LogP contribution in [-0.2, 0) is 27.7 Å². The van der Waals surface area contributed by atoms with Crippen LogP contribution in [-0.4, -0.2) is 51.0 Å². The first-order valence-electron chi connectivity index (χ1n) is 9.87. The topological polar surface area (TPSA) is 86.8 Å². The van der Waals surface area contributed by atoms with Gasteiger partial charge >= 0.3 is 0 Å². The molecular weight excluding hydrogens is 402 g/mol. The largest absolute Gasteiger partial charge is 0.332 e. The number of carbonyl (C=O) groups is 2. The van der Waals surface area contributed by atoms with Gasteiger partial charge in [-0.15, -0.1) is 0 Å². The predicted octanol–water partition coefficient (Wildman–Crippen LogP) is 2.67. The van der Waals surface area contributed by atoms with Crippen LogP contribution in [0.15, 0.2) is 42.5 Å². The highest BCUT2D eigenvalue weighted by atomic mass is 32.2. The maximum Gasteiger partial charge on any atom is 0.254 e. The summed E-state index contributed by atoms with van der Waals surface area (Å²) in [6.45, 7) is 3.77. The number of benzene rings is 2. The molecule has 0 aliphatic carbocycles. The van der Waals surface area contributed by atoms with Gasteiger partial charge < -0.3 is 10.2 Å². The first-order valence-corrected chi connectivity index (χ1v) is 11.7. The third-order valence-corrected chi connectivity index (χ3v) is 6.51. The maximum absolute atomic E-state index is 12.8. The fourth-order valence-electron chi connectivity index (χ4n) is 3.89. The van der Waals surface area contributed by atoms with Gasteiger partial charge in [-0.2, -0.15) is 0 Å². The number of hydrogen-bond acceptors (Lipinski definition) is 4. The Kier molecular flexibility index (Phi) is 6.17. The molecule has 0 bridgehead atoms. The van der Waals surface area contributed by atoms with Crippen LogP contribution < -0.4 is 9.62 Å². The number of para-hydroxylation sites is 1. The number of rotatable bonds is 6. The van der Waals surface area contributed by atoms with Crippen molar-refractivity contribution in [2.24, 2.45) is 0 Å². The van der Waals surface area contributed by atoms with Gasteiger partial charge in [0, 0.05) is 24.3 Å². The fraction of sp³-hybridized carbons (Fsp3) is 0.364. The van der Waals surface area contributed by atoms with Crippen LogP contribution in [0, 0.1) is 0 Å². The summed E-state index contributed by atoms with van der Waals surface area (Å²) in [4.78, 5) is 26.6. The molecule has 0 radical (unpaired) electrons. The van der Waals surface area contributed by atoms with Crippen LogP contribution in [0.5, 0.6) is 0 Å². The molecule has 0 saturated carbocycles. The molecule has 2 amide bonds. The summed E-state index contributed by atoms with van der Waals surface area (Å²) in [6, 6.07) is 12.4. The first-order chi connectivity index (χ1) is 14.1. The van der Waals surface area contributed by atoms with E-state index < -0.39 is 10.0 Å². The number of anilines is 2. The van der Waals surface area contributed by atoms with Crippen LogP contribution in [0.2, 0.25) is 0 Å². The average Bonchev–Trinajstić information content (AvgIpc) is 3.02. The highest BCUT2D eigenvalue weighted by molar-refractivity contribution is 7.92. The molecule has 1 heterocycles. The lowest BCUT2D eigenvalue weighted by Crippen LogP contribution is -2.35. The van der Waals surface area contributed by atoms with Gasteiger partial charge in [-0.1, -0.05) is 25.1 Å². The Morgan fingerprint density at radius 3 is 2.57 bits per heavy atom. The number of fused-ring (bicyclic) bond motifs is 1. The second-order valence-electron chi connectivity index (χ2n) is 7.68. The van der Waals surface area contributed by atoms with E-state index in [9.17, 15) is 18.0 Å². The van der Waals surface area contributed by atoms with Gasteiger partial charge in [0.15, 0.2) is 0 Å². The predicted molar refractivity (Wildman–Crippen MR) is 118 cm³/mol. The zero-order chi connectivity index (χ0) is 22.1. The fourth-order valence-corrected chi connectivity index (χ4v) is 5.15. The quantitative estimate of drug-likeness (QED) is 0.765. The highest BCUT2D eigenvalue weighted by Gasteiger charge is 2.33. The van der Waals surface area contributed by atoms with Crippen molar-refractivity contribution in [2.45, 2.75) is 32.7 Å². The van der Waals surface area contributed by atoms with E-state index in [0.29, 0.717) is 17.7 Å². The lowest BCUT2D eigenvalue weighted by Gasteiger charge is -2.22. The second kappa shape index (κ2) is 8.47. The third kappa shape index (κ3) is 4.48. The maximum atomic E-state index is 12.8. The van der Waals surface area contributed by atoms with Gasteiger partial charge in [0.2, 0.25) is 15.9 Å². The molecule has 3 rings (SSSR count). The molecule has 30 heavy (non-hydrogen) atoms. The van der Waals surface area contributed by atoms with E-state index in [4.69, 9.17) is 0 Å². The summed E-state index contributed by atoms with van der Waals surface area (Å²) in [6.07, 6.45) is 2.52. The van der Waals surface area contributed by atoms with Crippen molar-refractivity contribution in [3.8, 4) is 0 Å². The number of carbonyl (C=O) groups excluding carboxylic acids is 2. The minimum atomic E-state index is -3.38. The van der Waals surface area contributed by atoms with Crippen molar-refractivity contribution in [2.75, 3.05) is 29.5 Å². The van der Waals surface area contributed by atoms with Crippen LogP contribution >= 0.6 is 0 Å². The number of hydrogen-bond donors (Lipinski definition) is 1. The Labute approximate surface area is 177 Å². The molecule has 1 atom stereocenters. The summed E-state index contributed by atoms with van der Waals surface area (Å²) >= 11 is 0. The van der Waals surface area contributed by atoms with Crippen LogP contribution in [0.1, 0.15) is 35.3 Å². The molecule has 1 aliphatic heterocycles. The number of nitrogens with zero attached hydrogens (tertiary/aromatic N) is 2. The van der Waals surface area contributed by atoms with Crippen molar-refractivity contribution in [1.82, 2.24) is 4.90 Å². The van der Waals surface area contributed by atoms with E-state index in [1.165, 1.54) is 15.5 Å². The number of sulfonamides is 1. The van der Waals surface area contributed by atoms with Crippen LogP contribution in [0.3, 0.4) is 0 Å². The average molecular weight is 430 g/mol. The summed E-state index contributed by atoms with van der Waals surface area (Å²) < 4.78 is 25.5. The molecule has 1 N–H and O–H groups in total. The lowest BCUT2D eigenvalue weighted by molar-refractivity contribution is -0.116. The van der Waals surface area contributed by atoms with Crippen molar-refractivity contribution in [1.29, 1.82) is 0 Å². The molecule has 0 unspecified atom stereocenters. The molecule has 8 heteroatoms. The zero-order valence-electron chi connectivity index (χ0n) is 17.7. The summed E-state index contributed by atoms with van der Waals surface area (Å²) in [5.74, 6) is -0.563. The normalized spacial score (nSPS) is 15.6. The number of nitrogens with one attached hydrogen (secondary N) is 1.